The first kappa shape index (κ1) is 19.6. The van der Waals surface area contributed by atoms with E-state index in [1.165, 1.54) is 55.9 Å². The number of hydrogen-bond donors (Lipinski definition) is 0. The third-order valence-electron chi connectivity index (χ3n) is 7.49. The van der Waals surface area contributed by atoms with Crippen molar-refractivity contribution in [2.24, 2.45) is 17.8 Å². The number of rotatable bonds is 5. The Morgan fingerprint density at radius 1 is 1.21 bits per heavy atom. The van der Waals surface area contributed by atoms with Crippen LogP contribution in [0.25, 0.3) is 6.08 Å². The topological polar surface area (TPSA) is 29.5 Å². The van der Waals surface area contributed by atoms with Crippen molar-refractivity contribution in [3.8, 4) is 5.75 Å². The molecule has 3 nitrogen and oxygen atoms in total. The lowest BCUT2D eigenvalue weighted by atomic mass is 9.48. The van der Waals surface area contributed by atoms with E-state index in [1.54, 1.807) is 12.0 Å². The van der Waals surface area contributed by atoms with Gasteiger partial charge >= 0.3 is 0 Å². The first-order valence-corrected chi connectivity index (χ1v) is 12.2. The van der Waals surface area contributed by atoms with Crippen LogP contribution in [0.4, 0.5) is 0 Å². The molecule has 5 fully saturated rings. The lowest BCUT2D eigenvalue weighted by Crippen LogP contribution is -2.48. The average molecular weight is 428 g/mol. The molecule has 1 aromatic carbocycles. The molecule has 5 aliphatic rings. The predicted molar refractivity (Wildman–Crippen MR) is 123 cm³/mol. The Bertz CT molecular complexity index is 856. The molecule has 0 atom stereocenters. The van der Waals surface area contributed by atoms with Gasteiger partial charge in [0.25, 0.3) is 5.91 Å². The van der Waals surface area contributed by atoms with Gasteiger partial charge in [-0.2, -0.15) is 0 Å². The Kier molecular flexibility index (Phi) is 5.02. The largest absolute Gasteiger partial charge is 0.496 e. The highest BCUT2D eigenvalue weighted by molar-refractivity contribution is 8.26. The Morgan fingerprint density at radius 2 is 1.86 bits per heavy atom. The number of methoxy groups -OCH3 is 1. The number of amides is 1. The van der Waals surface area contributed by atoms with Crippen LogP contribution >= 0.6 is 24.0 Å². The zero-order valence-electron chi connectivity index (χ0n) is 17.3. The smallest absolute Gasteiger partial charge is 0.266 e. The van der Waals surface area contributed by atoms with Crippen molar-refractivity contribution >= 4 is 40.3 Å². The van der Waals surface area contributed by atoms with Crippen LogP contribution in [0.15, 0.2) is 23.1 Å². The van der Waals surface area contributed by atoms with E-state index in [2.05, 4.69) is 25.1 Å². The molecule has 1 amide bonds. The van der Waals surface area contributed by atoms with Gasteiger partial charge in [-0.1, -0.05) is 37.0 Å². The first-order chi connectivity index (χ1) is 14.0. The molecule has 4 aliphatic carbocycles. The molecule has 0 N–H and O–H groups in total. The number of thioether (sulfide) groups is 1. The fourth-order valence-corrected chi connectivity index (χ4v) is 8.00. The quantitative estimate of drug-likeness (QED) is 0.440. The molecule has 1 aliphatic heterocycles. The third kappa shape index (κ3) is 3.34. The third-order valence-corrected chi connectivity index (χ3v) is 8.87. The van der Waals surface area contributed by atoms with Crippen LogP contribution in [0.5, 0.6) is 5.75 Å². The van der Waals surface area contributed by atoms with Crippen molar-refractivity contribution in [1.29, 1.82) is 0 Å². The van der Waals surface area contributed by atoms with Crippen molar-refractivity contribution in [2.45, 2.75) is 57.3 Å². The fourth-order valence-electron chi connectivity index (χ4n) is 6.70. The van der Waals surface area contributed by atoms with Crippen molar-refractivity contribution < 1.29 is 9.53 Å². The molecular formula is C24H29NO2S2. The summed E-state index contributed by atoms with van der Waals surface area (Å²) in [5.41, 5.74) is 2.80. The normalized spacial score (nSPS) is 34.5. The Labute approximate surface area is 183 Å². The Balaban J connectivity index is 1.50. The predicted octanol–water partition coefficient (Wildman–Crippen LogP) is 5.77. The van der Waals surface area contributed by atoms with Crippen LogP contribution in [0.2, 0.25) is 0 Å². The maximum Gasteiger partial charge on any atom is 0.266 e. The van der Waals surface area contributed by atoms with Crippen LogP contribution in [-0.2, 0) is 10.2 Å². The Morgan fingerprint density at radius 3 is 2.45 bits per heavy atom. The molecular weight excluding hydrogens is 398 g/mol. The van der Waals surface area contributed by atoms with Crippen LogP contribution < -0.4 is 4.74 Å². The summed E-state index contributed by atoms with van der Waals surface area (Å²) in [6, 6.07) is 6.69. The molecule has 0 radical (unpaired) electrons. The van der Waals surface area contributed by atoms with Gasteiger partial charge in [-0.15, -0.1) is 0 Å². The van der Waals surface area contributed by atoms with E-state index in [9.17, 15) is 4.79 Å². The second-order valence-electron chi connectivity index (χ2n) is 9.49. The van der Waals surface area contributed by atoms with Crippen LogP contribution in [0.1, 0.15) is 63.0 Å². The standard InChI is InChI=1S/C24H29NO2S2/c1-3-6-25-22(26)21(29-23(25)28)11-18-10-19(4-5-20(18)27-2)24-12-15-7-16(13-24)9-17(8-15)14-24/h4-5,10-11,15-17H,3,6-9,12-14H2,1-2H3/b21-11-. The summed E-state index contributed by atoms with van der Waals surface area (Å²) >= 11 is 6.85. The maximum absolute atomic E-state index is 12.8. The van der Waals surface area contributed by atoms with Gasteiger partial charge in [-0.3, -0.25) is 9.69 Å². The molecule has 1 aromatic rings. The average Bonchev–Trinajstić information content (AvgIpc) is 2.95. The van der Waals surface area contributed by atoms with Gasteiger partial charge in [-0.25, -0.2) is 0 Å². The van der Waals surface area contributed by atoms with E-state index in [0.717, 1.165) is 35.5 Å². The van der Waals surface area contributed by atoms with Crippen LogP contribution in [-0.4, -0.2) is 28.8 Å². The lowest BCUT2D eigenvalue weighted by molar-refractivity contribution is -0.122. The SMILES string of the molecule is CCCN1C(=O)/C(=C/c2cc(C34CC5CC(CC(C5)C3)C4)ccc2OC)SC1=S. The van der Waals surface area contributed by atoms with Crippen molar-refractivity contribution in [3.63, 3.8) is 0 Å². The van der Waals surface area contributed by atoms with Crippen LogP contribution in [0, 0.1) is 17.8 Å². The molecule has 1 saturated heterocycles. The zero-order chi connectivity index (χ0) is 20.2. The minimum atomic E-state index is 0.0316. The lowest BCUT2D eigenvalue weighted by Gasteiger charge is -2.57. The second-order valence-corrected chi connectivity index (χ2v) is 11.2. The number of thiocarbonyl (C=S) groups is 1. The van der Waals surface area contributed by atoms with Crippen LogP contribution in [0.3, 0.4) is 0 Å². The number of benzene rings is 1. The number of ether oxygens (including phenoxy) is 1. The number of hydrogen-bond acceptors (Lipinski definition) is 4. The molecule has 0 spiro atoms. The monoisotopic (exact) mass is 427 g/mol. The minimum absolute atomic E-state index is 0.0316. The van der Waals surface area contributed by atoms with Gasteiger partial charge in [0.2, 0.25) is 0 Å². The van der Waals surface area contributed by atoms with Gasteiger partial charge in [0.05, 0.1) is 12.0 Å². The summed E-state index contributed by atoms with van der Waals surface area (Å²) < 4.78 is 6.32. The highest BCUT2D eigenvalue weighted by atomic mass is 32.2. The zero-order valence-corrected chi connectivity index (χ0v) is 18.9. The summed E-state index contributed by atoms with van der Waals surface area (Å²) in [5, 5.41) is 0. The molecule has 154 valence electrons. The fraction of sp³-hybridized carbons (Fsp3) is 0.583. The number of nitrogens with zero attached hydrogens (tertiary/aromatic N) is 1. The van der Waals surface area contributed by atoms with Crippen molar-refractivity contribution in [3.05, 3.63) is 34.2 Å². The maximum atomic E-state index is 12.8. The molecule has 0 unspecified atom stereocenters. The molecule has 29 heavy (non-hydrogen) atoms. The highest BCUT2D eigenvalue weighted by Crippen LogP contribution is 2.61. The summed E-state index contributed by atoms with van der Waals surface area (Å²) in [4.78, 5) is 15.3. The van der Waals surface area contributed by atoms with Gasteiger partial charge in [0.1, 0.15) is 10.1 Å². The molecule has 1 heterocycles. The minimum Gasteiger partial charge on any atom is -0.496 e. The first-order valence-electron chi connectivity index (χ1n) is 10.9. The molecule has 0 aromatic heterocycles. The van der Waals surface area contributed by atoms with E-state index in [1.807, 2.05) is 6.08 Å². The summed E-state index contributed by atoms with van der Waals surface area (Å²) in [7, 11) is 1.71. The van der Waals surface area contributed by atoms with E-state index in [0.29, 0.717) is 21.2 Å². The van der Waals surface area contributed by atoms with E-state index in [4.69, 9.17) is 17.0 Å². The van der Waals surface area contributed by atoms with E-state index in [-0.39, 0.29) is 5.91 Å². The van der Waals surface area contributed by atoms with Crippen molar-refractivity contribution in [2.75, 3.05) is 13.7 Å². The second kappa shape index (κ2) is 7.42. The molecule has 4 saturated carbocycles. The number of carbonyl (C=O) groups is 1. The number of carbonyl (C=O) groups excluding carboxylic acids is 1. The molecule has 6 rings (SSSR count). The van der Waals surface area contributed by atoms with Gasteiger partial charge in [0.15, 0.2) is 0 Å². The summed E-state index contributed by atoms with van der Waals surface area (Å²) in [6.45, 7) is 2.76. The Hall–Kier alpha value is -1.33. The van der Waals surface area contributed by atoms with E-state index < -0.39 is 0 Å². The molecule has 5 heteroatoms. The van der Waals surface area contributed by atoms with Crippen molar-refractivity contribution in [1.82, 2.24) is 4.90 Å². The summed E-state index contributed by atoms with van der Waals surface area (Å²) in [6.07, 6.45) is 11.3. The summed E-state index contributed by atoms with van der Waals surface area (Å²) in [5.74, 6) is 3.61. The molecule has 4 bridgehead atoms. The van der Waals surface area contributed by atoms with Gasteiger partial charge < -0.3 is 4.74 Å². The highest BCUT2D eigenvalue weighted by Gasteiger charge is 2.51. The van der Waals surface area contributed by atoms with Gasteiger partial charge in [-0.05, 0) is 91.9 Å². The van der Waals surface area contributed by atoms with Gasteiger partial charge in [0, 0.05) is 12.1 Å². The van der Waals surface area contributed by atoms with E-state index >= 15 is 0 Å².